The van der Waals surface area contributed by atoms with Gasteiger partial charge >= 0.3 is 0 Å². The van der Waals surface area contributed by atoms with Crippen LogP contribution in [0.1, 0.15) is 27.2 Å². The van der Waals surface area contributed by atoms with Gasteiger partial charge in [0.2, 0.25) is 10.0 Å². The molecular formula is C16H35N5O3S. The minimum atomic E-state index is -3.12. The molecule has 0 aromatic rings. The van der Waals surface area contributed by atoms with Crippen molar-refractivity contribution in [2.24, 2.45) is 10.9 Å². The van der Waals surface area contributed by atoms with Crippen LogP contribution in [0.3, 0.4) is 0 Å². The minimum absolute atomic E-state index is 0.395. The maximum absolute atomic E-state index is 11.0. The second-order valence-electron chi connectivity index (χ2n) is 6.63. The van der Waals surface area contributed by atoms with E-state index >= 15 is 0 Å². The zero-order valence-electron chi connectivity index (χ0n) is 16.0. The number of hydrogen-bond donors (Lipinski definition) is 3. The highest BCUT2D eigenvalue weighted by molar-refractivity contribution is 7.88. The Kier molecular flexibility index (Phi) is 10.3. The summed E-state index contributed by atoms with van der Waals surface area (Å²) < 4.78 is 30.0. The van der Waals surface area contributed by atoms with Gasteiger partial charge in [-0.1, -0.05) is 13.8 Å². The van der Waals surface area contributed by atoms with Gasteiger partial charge in [-0.15, -0.1) is 0 Å². The smallest absolute Gasteiger partial charge is 0.208 e. The van der Waals surface area contributed by atoms with E-state index in [1.54, 1.807) is 0 Å². The fourth-order valence-electron chi connectivity index (χ4n) is 2.74. The van der Waals surface area contributed by atoms with E-state index in [1.807, 2.05) is 6.92 Å². The number of morpholine rings is 1. The first-order valence-electron chi connectivity index (χ1n) is 9.12. The monoisotopic (exact) mass is 377 g/mol. The number of ether oxygens (including phenoxy) is 1. The molecule has 1 atom stereocenters. The first-order valence-corrected chi connectivity index (χ1v) is 11.0. The summed E-state index contributed by atoms with van der Waals surface area (Å²) in [4.78, 5) is 7.19. The van der Waals surface area contributed by atoms with E-state index in [0.717, 1.165) is 45.4 Å². The van der Waals surface area contributed by atoms with Crippen molar-refractivity contribution < 1.29 is 13.2 Å². The van der Waals surface area contributed by atoms with Crippen molar-refractivity contribution in [2.45, 2.75) is 33.2 Å². The molecule has 1 fully saturated rings. The summed E-state index contributed by atoms with van der Waals surface area (Å²) in [5.74, 6) is 1.30. The molecule has 1 unspecified atom stereocenters. The maximum Gasteiger partial charge on any atom is 0.208 e. The fourth-order valence-corrected chi connectivity index (χ4v) is 3.25. The van der Waals surface area contributed by atoms with Crippen LogP contribution in [0.4, 0.5) is 0 Å². The van der Waals surface area contributed by atoms with Crippen LogP contribution < -0.4 is 15.4 Å². The minimum Gasteiger partial charge on any atom is -0.379 e. The summed E-state index contributed by atoms with van der Waals surface area (Å²) in [6.45, 7) is 12.6. The van der Waals surface area contributed by atoms with Gasteiger partial charge in [-0.3, -0.25) is 9.89 Å². The van der Waals surface area contributed by atoms with E-state index in [2.05, 4.69) is 34.1 Å². The van der Waals surface area contributed by atoms with Crippen molar-refractivity contribution in [3.8, 4) is 0 Å². The third-order valence-electron chi connectivity index (χ3n) is 4.08. The van der Waals surface area contributed by atoms with Gasteiger partial charge in [0, 0.05) is 38.8 Å². The van der Waals surface area contributed by atoms with Crippen LogP contribution in [-0.2, 0) is 14.8 Å². The zero-order chi connectivity index (χ0) is 18.7. The van der Waals surface area contributed by atoms with Crippen LogP contribution in [0.5, 0.6) is 0 Å². The molecule has 1 saturated heterocycles. The van der Waals surface area contributed by atoms with Crippen LogP contribution in [0.15, 0.2) is 4.99 Å². The van der Waals surface area contributed by atoms with Crippen molar-refractivity contribution in [1.29, 1.82) is 0 Å². The van der Waals surface area contributed by atoms with E-state index in [4.69, 9.17) is 9.73 Å². The second kappa shape index (κ2) is 11.7. The molecule has 0 spiro atoms. The van der Waals surface area contributed by atoms with E-state index in [9.17, 15) is 8.42 Å². The van der Waals surface area contributed by atoms with Crippen LogP contribution in [-0.4, -0.2) is 84.1 Å². The lowest BCUT2D eigenvalue weighted by molar-refractivity contribution is 0.00867. The van der Waals surface area contributed by atoms with E-state index in [0.29, 0.717) is 31.5 Å². The van der Waals surface area contributed by atoms with Gasteiger partial charge in [-0.05, 0) is 19.3 Å². The Morgan fingerprint density at radius 1 is 1.20 bits per heavy atom. The normalized spacial score (nSPS) is 18.4. The predicted octanol–water partition coefficient (Wildman–Crippen LogP) is -0.162. The molecule has 1 heterocycles. The Bertz CT molecular complexity index is 490. The highest BCUT2D eigenvalue weighted by Gasteiger charge is 2.23. The molecular weight excluding hydrogens is 342 g/mol. The van der Waals surface area contributed by atoms with Crippen LogP contribution in [0.2, 0.25) is 0 Å². The van der Waals surface area contributed by atoms with Crippen LogP contribution in [0.25, 0.3) is 0 Å². The van der Waals surface area contributed by atoms with Crippen molar-refractivity contribution >= 4 is 16.0 Å². The Balaban J connectivity index is 2.48. The van der Waals surface area contributed by atoms with Crippen molar-refractivity contribution in [3.63, 3.8) is 0 Å². The summed E-state index contributed by atoms with van der Waals surface area (Å²) in [7, 11) is -3.12. The molecule has 25 heavy (non-hydrogen) atoms. The van der Waals surface area contributed by atoms with Crippen LogP contribution >= 0.6 is 0 Å². The predicted molar refractivity (Wildman–Crippen MR) is 102 cm³/mol. The highest BCUT2D eigenvalue weighted by Crippen LogP contribution is 2.13. The van der Waals surface area contributed by atoms with E-state index in [1.165, 1.54) is 6.26 Å². The lowest BCUT2D eigenvalue weighted by Gasteiger charge is -2.36. The Morgan fingerprint density at radius 2 is 1.88 bits per heavy atom. The van der Waals surface area contributed by atoms with Gasteiger partial charge in [0.1, 0.15) is 0 Å². The van der Waals surface area contributed by atoms with E-state index < -0.39 is 10.0 Å². The third kappa shape index (κ3) is 9.98. The molecule has 148 valence electrons. The Morgan fingerprint density at radius 3 is 2.44 bits per heavy atom. The molecule has 0 bridgehead atoms. The molecule has 0 saturated carbocycles. The summed E-state index contributed by atoms with van der Waals surface area (Å²) in [5.41, 5.74) is 0. The van der Waals surface area contributed by atoms with Crippen molar-refractivity contribution in [3.05, 3.63) is 0 Å². The first-order chi connectivity index (χ1) is 11.8. The van der Waals surface area contributed by atoms with Crippen LogP contribution in [0, 0.1) is 5.92 Å². The Labute approximate surface area is 152 Å². The third-order valence-corrected chi connectivity index (χ3v) is 4.80. The standard InChI is InChI=1S/C16H35N5O3S/c1-5-17-16(18-7-6-8-20-25(4,22)23)19-13-15(14(2)3)21-9-11-24-12-10-21/h14-15,20H,5-13H2,1-4H3,(H2,17,18,19). The number of nitrogens with one attached hydrogen (secondary N) is 3. The highest BCUT2D eigenvalue weighted by atomic mass is 32.2. The number of rotatable bonds is 10. The quantitative estimate of drug-likeness (QED) is 0.278. The van der Waals surface area contributed by atoms with Gasteiger partial charge in [-0.2, -0.15) is 0 Å². The molecule has 8 nitrogen and oxygen atoms in total. The molecule has 0 amide bonds. The average molecular weight is 378 g/mol. The summed E-state index contributed by atoms with van der Waals surface area (Å²) in [5, 5.41) is 6.51. The molecule has 0 aromatic carbocycles. The summed E-state index contributed by atoms with van der Waals surface area (Å²) in [6.07, 6.45) is 1.87. The van der Waals surface area contributed by atoms with E-state index in [-0.39, 0.29) is 0 Å². The van der Waals surface area contributed by atoms with Gasteiger partial charge < -0.3 is 15.4 Å². The maximum atomic E-state index is 11.0. The lowest BCUT2D eigenvalue weighted by Crippen LogP contribution is -2.48. The van der Waals surface area contributed by atoms with Crippen molar-refractivity contribution in [2.75, 3.05) is 58.7 Å². The summed E-state index contributed by atoms with van der Waals surface area (Å²) in [6, 6.07) is 0.395. The van der Waals surface area contributed by atoms with Gasteiger partial charge in [0.15, 0.2) is 5.96 Å². The second-order valence-corrected chi connectivity index (χ2v) is 8.46. The molecule has 0 aromatic heterocycles. The zero-order valence-corrected chi connectivity index (χ0v) is 16.9. The molecule has 0 radical (unpaired) electrons. The van der Waals surface area contributed by atoms with Gasteiger partial charge in [0.25, 0.3) is 0 Å². The molecule has 0 aliphatic carbocycles. The largest absolute Gasteiger partial charge is 0.379 e. The molecule has 3 N–H and O–H groups in total. The van der Waals surface area contributed by atoms with Gasteiger partial charge in [-0.25, -0.2) is 13.1 Å². The number of guanidine groups is 1. The first kappa shape index (κ1) is 22.1. The summed E-state index contributed by atoms with van der Waals surface area (Å²) >= 11 is 0. The number of hydrogen-bond acceptors (Lipinski definition) is 5. The number of aliphatic imine (C=N–C) groups is 1. The lowest BCUT2D eigenvalue weighted by atomic mass is 10.0. The SMILES string of the molecule is CCNC(=NCC(C(C)C)N1CCOCC1)NCCCNS(C)(=O)=O. The molecule has 9 heteroatoms. The number of nitrogens with zero attached hydrogens (tertiary/aromatic N) is 2. The Hall–Kier alpha value is -0.900. The topological polar surface area (TPSA) is 95.1 Å². The molecule has 1 aliphatic heterocycles. The fraction of sp³-hybridized carbons (Fsp3) is 0.938. The molecule has 1 rings (SSSR count). The van der Waals surface area contributed by atoms with Gasteiger partial charge in [0.05, 0.1) is 26.0 Å². The van der Waals surface area contributed by atoms with Crippen molar-refractivity contribution in [1.82, 2.24) is 20.3 Å². The number of sulfonamides is 1. The average Bonchev–Trinajstić information content (AvgIpc) is 2.54. The molecule has 1 aliphatic rings.